The van der Waals surface area contributed by atoms with E-state index in [1.165, 1.54) is 0 Å². The molecular weight excluding hydrogens is 268 g/mol. The van der Waals surface area contributed by atoms with Gasteiger partial charge in [0.25, 0.3) is 0 Å². The van der Waals surface area contributed by atoms with E-state index in [2.05, 4.69) is 20.5 Å². The van der Waals surface area contributed by atoms with Crippen LogP contribution in [0.25, 0.3) is 11.3 Å². The lowest BCUT2D eigenvalue weighted by atomic mass is 10.1. The minimum atomic E-state index is -0.598. The van der Waals surface area contributed by atoms with Crippen LogP contribution in [-0.2, 0) is 0 Å². The molecule has 6 nitrogen and oxygen atoms in total. The summed E-state index contributed by atoms with van der Waals surface area (Å²) in [4.78, 5) is 4.35. The summed E-state index contributed by atoms with van der Waals surface area (Å²) in [6, 6.07) is 8.11. The quantitative estimate of drug-likeness (QED) is 0.935. The Morgan fingerprint density at radius 1 is 1.24 bits per heavy atom. The minimum absolute atomic E-state index is 0.241. The Bertz CT molecular complexity index is 658. The van der Waals surface area contributed by atoms with E-state index in [0.717, 1.165) is 17.7 Å². The fourth-order valence-electron chi connectivity index (χ4n) is 2.18. The lowest BCUT2D eigenvalue weighted by Crippen LogP contribution is -2.37. The smallest absolute Gasteiger partial charge is 0.339 e. The first-order valence-electron chi connectivity index (χ1n) is 7.03. The van der Waals surface area contributed by atoms with Crippen molar-refractivity contribution in [2.24, 2.45) is 0 Å². The molecule has 3 rings (SSSR count). The van der Waals surface area contributed by atoms with Crippen molar-refractivity contribution < 1.29 is 9.47 Å². The van der Waals surface area contributed by atoms with Gasteiger partial charge in [-0.25, -0.2) is 0 Å². The highest BCUT2D eigenvalue weighted by molar-refractivity contribution is 5.79. The van der Waals surface area contributed by atoms with Gasteiger partial charge in [-0.3, -0.25) is 0 Å². The van der Waals surface area contributed by atoms with E-state index in [1.807, 2.05) is 45.0 Å². The molecule has 2 aromatic rings. The van der Waals surface area contributed by atoms with Gasteiger partial charge in [0.1, 0.15) is 0 Å². The number of benzene rings is 1. The zero-order chi connectivity index (χ0) is 14.9. The lowest BCUT2D eigenvalue weighted by Gasteiger charge is -2.26. The second-order valence-electron chi connectivity index (χ2n) is 5.38. The molecule has 2 heterocycles. The average molecular weight is 286 g/mol. The number of aromatic nitrogens is 3. The molecule has 0 fully saturated rings. The summed E-state index contributed by atoms with van der Waals surface area (Å²) < 4.78 is 11.4. The third-order valence-electron chi connectivity index (χ3n) is 3.04. The first kappa shape index (κ1) is 13.6. The van der Waals surface area contributed by atoms with Gasteiger partial charge in [0, 0.05) is 11.3 Å². The molecule has 1 N–H and O–H groups in total. The van der Waals surface area contributed by atoms with Gasteiger partial charge in [0.15, 0.2) is 11.4 Å². The summed E-state index contributed by atoms with van der Waals surface area (Å²) >= 11 is 0. The van der Waals surface area contributed by atoms with Crippen LogP contribution in [0.1, 0.15) is 27.2 Å². The lowest BCUT2D eigenvalue weighted by molar-refractivity contribution is 0.132. The summed E-state index contributed by atoms with van der Waals surface area (Å²) in [6.07, 6.45) is 0.886. The third kappa shape index (κ3) is 2.74. The molecule has 0 saturated carbocycles. The number of fused-ring (bicyclic) bond motifs is 3. The molecule has 0 amide bonds. The van der Waals surface area contributed by atoms with E-state index in [4.69, 9.17) is 9.47 Å². The first-order valence-corrected chi connectivity index (χ1v) is 7.03. The predicted octanol–water partition coefficient (Wildman–Crippen LogP) is 2.87. The minimum Gasteiger partial charge on any atom is -0.462 e. The van der Waals surface area contributed by atoms with Crippen molar-refractivity contribution in [3.63, 3.8) is 0 Å². The number of nitrogens with zero attached hydrogens (tertiary/aromatic N) is 3. The number of hydrogen-bond donors (Lipinski definition) is 1. The maximum atomic E-state index is 5.94. The second-order valence-corrected chi connectivity index (χ2v) is 5.38. The highest BCUT2D eigenvalue weighted by Gasteiger charge is 2.29. The van der Waals surface area contributed by atoms with Crippen molar-refractivity contribution in [2.75, 3.05) is 11.9 Å². The maximum Gasteiger partial charge on any atom is 0.339 e. The van der Waals surface area contributed by atoms with E-state index >= 15 is 0 Å². The number of ether oxygens (including phenoxy) is 2. The number of para-hydroxylation sites is 1. The van der Waals surface area contributed by atoms with Crippen LogP contribution in [0, 0.1) is 0 Å². The third-order valence-corrected chi connectivity index (χ3v) is 3.04. The van der Waals surface area contributed by atoms with Crippen LogP contribution < -0.4 is 14.8 Å². The standard InChI is InChI=1S/C15H18N4O2/c1-4-9-20-14-16-13-12(18-19-14)10-7-5-6-8-11(10)17-15(2,3)21-13/h5-8,17H,4,9H2,1-3H3. The van der Waals surface area contributed by atoms with Crippen molar-refractivity contribution in [3.8, 4) is 23.1 Å². The fraction of sp³-hybridized carbons (Fsp3) is 0.400. The molecule has 110 valence electrons. The number of anilines is 1. The average Bonchev–Trinajstić information content (AvgIpc) is 2.56. The van der Waals surface area contributed by atoms with E-state index in [0.29, 0.717) is 18.2 Å². The maximum absolute atomic E-state index is 5.94. The predicted molar refractivity (Wildman–Crippen MR) is 79.4 cm³/mol. The van der Waals surface area contributed by atoms with Gasteiger partial charge in [-0.05, 0) is 26.3 Å². The van der Waals surface area contributed by atoms with Crippen molar-refractivity contribution in [1.29, 1.82) is 0 Å². The Morgan fingerprint density at radius 2 is 2.05 bits per heavy atom. The van der Waals surface area contributed by atoms with Crippen LogP contribution in [0.4, 0.5) is 5.69 Å². The highest BCUT2D eigenvalue weighted by atomic mass is 16.5. The molecule has 1 aliphatic heterocycles. The van der Waals surface area contributed by atoms with Gasteiger partial charge in [0.2, 0.25) is 5.88 Å². The van der Waals surface area contributed by atoms with Gasteiger partial charge in [-0.1, -0.05) is 30.2 Å². The number of rotatable bonds is 3. The van der Waals surface area contributed by atoms with Crippen molar-refractivity contribution in [3.05, 3.63) is 24.3 Å². The van der Waals surface area contributed by atoms with Crippen LogP contribution in [-0.4, -0.2) is 27.5 Å². The van der Waals surface area contributed by atoms with E-state index in [-0.39, 0.29) is 6.01 Å². The van der Waals surface area contributed by atoms with Gasteiger partial charge in [0.05, 0.1) is 6.61 Å². The summed E-state index contributed by atoms with van der Waals surface area (Å²) in [5.41, 5.74) is 1.88. The molecule has 1 aromatic heterocycles. The van der Waals surface area contributed by atoms with Crippen molar-refractivity contribution in [1.82, 2.24) is 15.2 Å². The Morgan fingerprint density at radius 3 is 2.86 bits per heavy atom. The van der Waals surface area contributed by atoms with Crippen molar-refractivity contribution in [2.45, 2.75) is 32.9 Å². The molecule has 1 aromatic carbocycles. The summed E-state index contributed by atoms with van der Waals surface area (Å²) in [6.45, 7) is 6.45. The number of hydrogen-bond acceptors (Lipinski definition) is 6. The van der Waals surface area contributed by atoms with E-state index in [9.17, 15) is 0 Å². The SMILES string of the molecule is CCCOc1nnc2c(n1)OC(C)(C)Nc1ccccc1-2. The molecule has 0 aliphatic carbocycles. The Balaban J connectivity index is 2.08. The molecule has 6 heteroatoms. The molecule has 1 aliphatic rings. The van der Waals surface area contributed by atoms with Crippen LogP contribution >= 0.6 is 0 Å². The summed E-state index contributed by atoms with van der Waals surface area (Å²) in [5, 5.41) is 11.6. The van der Waals surface area contributed by atoms with Gasteiger partial charge in [-0.2, -0.15) is 4.98 Å². The van der Waals surface area contributed by atoms with Gasteiger partial charge < -0.3 is 14.8 Å². The molecule has 21 heavy (non-hydrogen) atoms. The topological polar surface area (TPSA) is 69.2 Å². The van der Waals surface area contributed by atoms with Crippen LogP contribution in [0.2, 0.25) is 0 Å². The molecule has 0 unspecified atom stereocenters. The van der Waals surface area contributed by atoms with E-state index < -0.39 is 5.72 Å². The van der Waals surface area contributed by atoms with Crippen LogP contribution in [0.15, 0.2) is 24.3 Å². The first-order chi connectivity index (χ1) is 10.1. The molecule has 0 spiro atoms. The molecule has 0 saturated heterocycles. The summed E-state index contributed by atoms with van der Waals surface area (Å²) in [5.74, 6) is 0.429. The largest absolute Gasteiger partial charge is 0.462 e. The number of nitrogens with one attached hydrogen (secondary N) is 1. The van der Waals surface area contributed by atoms with Gasteiger partial charge in [-0.15, -0.1) is 5.10 Å². The molecular formula is C15H18N4O2. The highest BCUT2D eigenvalue weighted by Crippen LogP contribution is 2.38. The monoisotopic (exact) mass is 286 g/mol. The Hall–Kier alpha value is -2.37. The van der Waals surface area contributed by atoms with E-state index in [1.54, 1.807) is 0 Å². The fourth-order valence-corrected chi connectivity index (χ4v) is 2.18. The van der Waals surface area contributed by atoms with Crippen molar-refractivity contribution >= 4 is 5.69 Å². The molecule has 0 bridgehead atoms. The van der Waals surface area contributed by atoms with Crippen LogP contribution in [0.5, 0.6) is 11.9 Å². The second kappa shape index (κ2) is 5.20. The zero-order valence-corrected chi connectivity index (χ0v) is 12.4. The molecule has 0 radical (unpaired) electrons. The van der Waals surface area contributed by atoms with Crippen LogP contribution in [0.3, 0.4) is 0 Å². The Labute approximate surface area is 123 Å². The molecule has 0 atom stereocenters. The Kier molecular flexibility index (Phi) is 3.37. The van der Waals surface area contributed by atoms with Gasteiger partial charge >= 0.3 is 6.01 Å². The normalized spacial score (nSPS) is 15.0. The summed E-state index contributed by atoms with van der Waals surface area (Å²) in [7, 11) is 0. The zero-order valence-electron chi connectivity index (χ0n) is 12.4.